The number of rotatable bonds is 4. The third-order valence-electron chi connectivity index (χ3n) is 2.77. The monoisotopic (exact) mass is 299 g/mol. The molecule has 7 nitrogen and oxygen atoms in total. The van der Waals surface area contributed by atoms with Crippen molar-refractivity contribution in [3.63, 3.8) is 0 Å². The molecule has 0 fully saturated rings. The van der Waals surface area contributed by atoms with Crippen LogP contribution in [0.25, 0.3) is 0 Å². The molecule has 1 unspecified atom stereocenters. The average Bonchev–Trinajstić information content (AvgIpc) is 2.78. The number of halogens is 1. The maximum Gasteiger partial charge on any atom is 0.243 e. The average molecular weight is 299 g/mol. The summed E-state index contributed by atoms with van der Waals surface area (Å²) in [6.45, 7) is 1.61. The topological polar surface area (TPSA) is 103 Å². The third-order valence-corrected chi connectivity index (χ3v) is 4.37. The van der Waals surface area contributed by atoms with Gasteiger partial charge in [-0.25, -0.2) is 17.5 Å². The Labute approximate surface area is 115 Å². The summed E-state index contributed by atoms with van der Waals surface area (Å²) in [6, 6.07) is 2.99. The smallest absolute Gasteiger partial charge is 0.243 e. The number of sulfonamides is 1. The van der Waals surface area contributed by atoms with Crippen LogP contribution in [-0.2, 0) is 17.1 Å². The summed E-state index contributed by atoms with van der Waals surface area (Å²) in [6.07, 6.45) is 1.46. The normalized spacial score (nSPS) is 13.3. The zero-order valence-corrected chi connectivity index (χ0v) is 11.7. The van der Waals surface area contributed by atoms with Crippen molar-refractivity contribution in [1.29, 1.82) is 0 Å². The predicted molar refractivity (Wildman–Crippen MR) is 70.6 cm³/mol. The predicted octanol–water partition coefficient (Wildman–Crippen LogP) is 0.576. The Balaban J connectivity index is 2.32. The maximum atomic E-state index is 13.3. The number of para-hydroxylation sites is 1. The van der Waals surface area contributed by atoms with Gasteiger partial charge in [0.1, 0.15) is 22.9 Å². The molecule has 2 rings (SSSR count). The second-order valence-electron chi connectivity index (χ2n) is 4.29. The van der Waals surface area contributed by atoms with E-state index in [1.165, 1.54) is 18.5 Å². The number of anilines is 1. The van der Waals surface area contributed by atoms with Gasteiger partial charge >= 0.3 is 0 Å². The molecule has 2 aromatic rings. The number of nitrogens with zero attached hydrogens (tertiary/aromatic N) is 3. The second kappa shape index (κ2) is 5.17. The highest BCUT2D eigenvalue weighted by Gasteiger charge is 2.24. The number of aromatic nitrogens is 3. The Bertz CT molecular complexity index is 728. The van der Waals surface area contributed by atoms with Crippen molar-refractivity contribution in [2.45, 2.75) is 17.9 Å². The molecule has 1 aromatic carbocycles. The van der Waals surface area contributed by atoms with E-state index in [-0.39, 0.29) is 4.90 Å². The van der Waals surface area contributed by atoms with Crippen molar-refractivity contribution >= 4 is 15.7 Å². The van der Waals surface area contributed by atoms with Gasteiger partial charge in [0.2, 0.25) is 10.0 Å². The summed E-state index contributed by atoms with van der Waals surface area (Å²) in [7, 11) is -2.26. The first-order valence-electron chi connectivity index (χ1n) is 5.73. The zero-order valence-electron chi connectivity index (χ0n) is 10.9. The first-order chi connectivity index (χ1) is 9.33. The van der Waals surface area contributed by atoms with E-state index in [0.717, 1.165) is 6.07 Å². The van der Waals surface area contributed by atoms with Crippen molar-refractivity contribution in [2.24, 2.45) is 7.05 Å². The first kappa shape index (κ1) is 14.4. The molecule has 108 valence electrons. The molecule has 0 aliphatic rings. The van der Waals surface area contributed by atoms with E-state index in [0.29, 0.717) is 5.82 Å². The van der Waals surface area contributed by atoms with E-state index in [1.54, 1.807) is 18.5 Å². The molecule has 0 aliphatic carbocycles. The minimum absolute atomic E-state index is 0.300. The Hall–Kier alpha value is -2.00. The summed E-state index contributed by atoms with van der Waals surface area (Å²) >= 11 is 0. The highest BCUT2D eigenvalue weighted by molar-refractivity contribution is 7.89. The Kier molecular flexibility index (Phi) is 3.73. The fraction of sp³-hybridized carbons (Fsp3) is 0.273. The number of hydrogen-bond donors (Lipinski definition) is 2. The third kappa shape index (κ3) is 2.63. The SMILES string of the molecule is CC(NS(=O)(=O)c1cccc(F)c1N)c1nncn1C. The molecule has 1 heterocycles. The van der Waals surface area contributed by atoms with Crippen molar-refractivity contribution in [2.75, 3.05) is 5.73 Å². The first-order valence-corrected chi connectivity index (χ1v) is 7.21. The molecule has 9 heteroatoms. The van der Waals surface area contributed by atoms with Crippen LogP contribution < -0.4 is 10.5 Å². The zero-order chi connectivity index (χ0) is 14.9. The van der Waals surface area contributed by atoms with E-state index in [1.807, 2.05) is 0 Å². The van der Waals surface area contributed by atoms with Crippen molar-refractivity contribution in [3.05, 3.63) is 36.2 Å². The molecule has 0 saturated heterocycles. The van der Waals surface area contributed by atoms with Crippen molar-refractivity contribution in [1.82, 2.24) is 19.5 Å². The number of aryl methyl sites for hydroxylation is 1. The highest BCUT2D eigenvalue weighted by atomic mass is 32.2. The van der Waals surface area contributed by atoms with Gasteiger partial charge in [-0.3, -0.25) is 0 Å². The maximum absolute atomic E-state index is 13.3. The minimum Gasteiger partial charge on any atom is -0.395 e. The molecule has 20 heavy (non-hydrogen) atoms. The van der Waals surface area contributed by atoms with E-state index in [2.05, 4.69) is 14.9 Å². The van der Waals surface area contributed by atoms with Gasteiger partial charge in [-0.2, -0.15) is 0 Å². The van der Waals surface area contributed by atoms with Crippen LogP contribution >= 0.6 is 0 Å². The molecule has 0 amide bonds. The van der Waals surface area contributed by atoms with Gasteiger partial charge < -0.3 is 10.3 Å². The fourth-order valence-electron chi connectivity index (χ4n) is 1.78. The summed E-state index contributed by atoms with van der Waals surface area (Å²) in [5, 5.41) is 7.48. The van der Waals surface area contributed by atoms with E-state index in [9.17, 15) is 12.8 Å². The summed E-state index contributed by atoms with van der Waals surface area (Å²) in [5.74, 6) is -0.345. The summed E-state index contributed by atoms with van der Waals surface area (Å²) in [4.78, 5) is -0.300. The molecular weight excluding hydrogens is 285 g/mol. The lowest BCUT2D eigenvalue weighted by Gasteiger charge is -2.14. The molecule has 0 radical (unpaired) electrons. The van der Waals surface area contributed by atoms with E-state index < -0.39 is 27.6 Å². The Morgan fingerprint density at radius 1 is 1.45 bits per heavy atom. The lowest BCUT2D eigenvalue weighted by atomic mass is 10.3. The van der Waals surface area contributed by atoms with Gasteiger partial charge in [-0.1, -0.05) is 6.07 Å². The van der Waals surface area contributed by atoms with Crippen molar-refractivity contribution in [3.8, 4) is 0 Å². The molecular formula is C11H14FN5O2S. The Morgan fingerprint density at radius 3 is 2.75 bits per heavy atom. The minimum atomic E-state index is -3.95. The van der Waals surface area contributed by atoms with Gasteiger partial charge in [0.15, 0.2) is 0 Å². The standard InChI is InChI=1S/C11H14FN5O2S/c1-7(11-15-14-6-17(11)2)16-20(18,19)9-5-3-4-8(12)10(9)13/h3-7,16H,13H2,1-2H3. The van der Waals surface area contributed by atoms with Crippen LogP contribution in [0.3, 0.4) is 0 Å². The lowest BCUT2D eigenvalue weighted by Crippen LogP contribution is -2.29. The van der Waals surface area contributed by atoms with Gasteiger partial charge in [-0.05, 0) is 19.1 Å². The molecule has 0 saturated carbocycles. The number of nitrogens with one attached hydrogen (secondary N) is 1. The number of benzene rings is 1. The number of nitrogens with two attached hydrogens (primary N) is 1. The van der Waals surface area contributed by atoms with Crippen LogP contribution in [0.5, 0.6) is 0 Å². The highest BCUT2D eigenvalue weighted by Crippen LogP contribution is 2.22. The molecule has 0 bridgehead atoms. The van der Waals surface area contributed by atoms with E-state index >= 15 is 0 Å². The van der Waals surface area contributed by atoms with Crippen LogP contribution in [0.2, 0.25) is 0 Å². The van der Waals surface area contributed by atoms with Crippen LogP contribution in [-0.4, -0.2) is 23.2 Å². The largest absolute Gasteiger partial charge is 0.395 e. The quantitative estimate of drug-likeness (QED) is 0.804. The van der Waals surface area contributed by atoms with Gasteiger partial charge in [0, 0.05) is 7.05 Å². The lowest BCUT2D eigenvalue weighted by molar-refractivity contribution is 0.552. The Morgan fingerprint density at radius 2 is 2.15 bits per heavy atom. The summed E-state index contributed by atoms with van der Waals surface area (Å²) in [5.41, 5.74) is 5.05. The number of nitrogen functional groups attached to an aromatic ring is 1. The molecule has 1 aromatic heterocycles. The fourth-order valence-corrected chi connectivity index (χ4v) is 3.13. The van der Waals surface area contributed by atoms with Gasteiger partial charge in [-0.15, -0.1) is 10.2 Å². The van der Waals surface area contributed by atoms with Gasteiger partial charge in [0.25, 0.3) is 0 Å². The molecule has 3 N–H and O–H groups in total. The van der Waals surface area contributed by atoms with E-state index in [4.69, 9.17) is 5.73 Å². The van der Waals surface area contributed by atoms with Crippen molar-refractivity contribution < 1.29 is 12.8 Å². The van der Waals surface area contributed by atoms with Crippen LogP contribution in [0, 0.1) is 5.82 Å². The second-order valence-corrected chi connectivity index (χ2v) is 5.98. The van der Waals surface area contributed by atoms with Gasteiger partial charge in [0.05, 0.1) is 11.7 Å². The van der Waals surface area contributed by atoms with Crippen LogP contribution in [0.15, 0.2) is 29.4 Å². The summed E-state index contributed by atoms with van der Waals surface area (Å²) < 4.78 is 41.7. The molecule has 1 atom stereocenters. The van der Waals surface area contributed by atoms with Crippen LogP contribution in [0.1, 0.15) is 18.8 Å². The molecule has 0 aliphatic heterocycles. The van der Waals surface area contributed by atoms with Crippen LogP contribution in [0.4, 0.5) is 10.1 Å². The molecule has 0 spiro atoms. The number of hydrogen-bond acceptors (Lipinski definition) is 5.